The van der Waals surface area contributed by atoms with Gasteiger partial charge in [0.15, 0.2) is 0 Å². The molecule has 0 atom stereocenters. The van der Waals surface area contributed by atoms with Crippen LogP contribution < -0.4 is 0 Å². The van der Waals surface area contributed by atoms with Crippen LogP contribution >= 0.6 is 11.6 Å². The highest BCUT2D eigenvalue weighted by Gasteiger charge is 2.08. The number of aryl methyl sites for hydroxylation is 2. The zero-order valence-electron chi connectivity index (χ0n) is 8.77. The number of fused-ring (bicyclic) bond motifs is 1. The number of carboxylic acids is 1. The van der Waals surface area contributed by atoms with Crippen LogP contribution in [0.15, 0.2) is 18.2 Å². The topological polar surface area (TPSA) is 55.1 Å². The summed E-state index contributed by atoms with van der Waals surface area (Å²) in [6.45, 7) is 2.29. The second-order valence-electron chi connectivity index (χ2n) is 3.61. The zero-order valence-corrected chi connectivity index (χ0v) is 9.53. The van der Waals surface area contributed by atoms with Crippen molar-refractivity contribution in [2.45, 2.75) is 19.9 Å². The minimum Gasteiger partial charge on any atom is -0.481 e. The minimum atomic E-state index is -0.822. The molecule has 1 N–H and O–H groups in total. The Morgan fingerprint density at radius 2 is 2.31 bits per heavy atom. The van der Waals surface area contributed by atoms with Crippen molar-refractivity contribution in [3.05, 3.63) is 28.9 Å². The van der Waals surface area contributed by atoms with Gasteiger partial charge in [-0.3, -0.25) is 9.48 Å². The number of aromatic nitrogens is 2. The van der Waals surface area contributed by atoms with Gasteiger partial charge in [0.05, 0.1) is 18.5 Å². The Labute approximate surface area is 97.4 Å². The molecule has 0 bridgehead atoms. The second-order valence-corrected chi connectivity index (χ2v) is 4.05. The molecule has 0 radical (unpaired) electrons. The van der Waals surface area contributed by atoms with Crippen molar-refractivity contribution in [1.29, 1.82) is 0 Å². The SMILES string of the molecule is Cc1c2cc(Cl)ccc2nn1CCC(=O)O. The van der Waals surface area contributed by atoms with Gasteiger partial charge in [0.25, 0.3) is 0 Å². The highest BCUT2D eigenvalue weighted by atomic mass is 35.5. The van der Waals surface area contributed by atoms with Crippen LogP contribution in [0.4, 0.5) is 0 Å². The van der Waals surface area contributed by atoms with Crippen LogP contribution in [0, 0.1) is 6.92 Å². The maximum atomic E-state index is 10.5. The van der Waals surface area contributed by atoms with Crippen molar-refractivity contribution in [3.8, 4) is 0 Å². The first-order valence-electron chi connectivity index (χ1n) is 4.92. The molecule has 5 heteroatoms. The molecule has 0 aliphatic carbocycles. The maximum Gasteiger partial charge on any atom is 0.305 e. The van der Waals surface area contributed by atoms with E-state index in [4.69, 9.17) is 16.7 Å². The summed E-state index contributed by atoms with van der Waals surface area (Å²) in [6, 6.07) is 5.45. The number of hydrogen-bond acceptors (Lipinski definition) is 2. The Bertz CT molecular complexity index is 548. The van der Waals surface area contributed by atoms with E-state index in [1.165, 1.54) is 0 Å². The minimum absolute atomic E-state index is 0.0720. The van der Waals surface area contributed by atoms with Crippen LogP contribution in [0.5, 0.6) is 0 Å². The highest BCUT2D eigenvalue weighted by Crippen LogP contribution is 2.21. The van der Waals surface area contributed by atoms with E-state index in [1.807, 2.05) is 19.1 Å². The molecule has 0 amide bonds. The van der Waals surface area contributed by atoms with Gasteiger partial charge in [-0.2, -0.15) is 5.10 Å². The molecule has 0 unspecified atom stereocenters. The molecule has 0 spiro atoms. The fourth-order valence-corrected chi connectivity index (χ4v) is 1.82. The summed E-state index contributed by atoms with van der Waals surface area (Å²) >= 11 is 5.90. The zero-order chi connectivity index (χ0) is 11.7. The summed E-state index contributed by atoms with van der Waals surface area (Å²) in [6.07, 6.45) is 0.0720. The number of aliphatic carboxylic acids is 1. The van der Waals surface area contributed by atoms with Crippen LogP contribution in [-0.2, 0) is 11.3 Å². The first-order valence-corrected chi connectivity index (χ1v) is 5.30. The van der Waals surface area contributed by atoms with E-state index in [0.29, 0.717) is 11.6 Å². The molecule has 2 aromatic rings. The Kier molecular flexibility index (Phi) is 2.83. The predicted octanol–water partition coefficient (Wildman–Crippen LogP) is 2.47. The van der Waals surface area contributed by atoms with Crippen molar-refractivity contribution in [1.82, 2.24) is 9.78 Å². The summed E-state index contributed by atoms with van der Waals surface area (Å²) in [5.41, 5.74) is 1.78. The van der Waals surface area contributed by atoms with Crippen molar-refractivity contribution >= 4 is 28.5 Å². The molecular weight excluding hydrogens is 228 g/mol. The van der Waals surface area contributed by atoms with E-state index >= 15 is 0 Å². The van der Waals surface area contributed by atoms with E-state index in [-0.39, 0.29) is 6.42 Å². The molecule has 4 nitrogen and oxygen atoms in total. The lowest BCUT2D eigenvalue weighted by molar-refractivity contribution is -0.137. The van der Waals surface area contributed by atoms with Crippen LogP contribution in [-0.4, -0.2) is 20.9 Å². The normalized spacial score (nSPS) is 10.9. The van der Waals surface area contributed by atoms with Crippen LogP contribution in [0.3, 0.4) is 0 Å². The van der Waals surface area contributed by atoms with Crippen molar-refractivity contribution in [2.24, 2.45) is 0 Å². The van der Waals surface area contributed by atoms with E-state index in [2.05, 4.69) is 5.10 Å². The fraction of sp³-hybridized carbons (Fsp3) is 0.273. The van der Waals surface area contributed by atoms with Gasteiger partial charge in [0, 0.05) is 16.1 Å². The lowest BCUT2D eigenvalue weighted by Crippen LogP contribution is -2.07. The first-order chi connectivity index (χ1) is 7.58. The van der Waals surface area contributed by atoms with Gasteiger partial charge in [-0.1, -0.05) is 11.6 Å². The van der Waals surface area contributed by atoms with Gasteiger partial charge >= 0.3 is 5.97 Å². The van der Waals surface area contributed by atoms with Gasteiger partial charge in [-0.25, -0.2) is 0 Å². The van der Waals surface area contributed by atoms with E-state index in [9.17, 15) is 4.79 Å². The van der Waals surface area contributed by atoms with Crippen molar-refractivity contribution in [3.63, 3.8) is 0 Å². The molecule has 0 saturated heterocycles. The predicted molar refractivity (Wildman–Crippen MR) is 61.7 cm³/mol. The van der Waals surface area contributed by atoms with Gasteiger partial charge in [0.1, 0.15) is 0 Å². The summed E-state index contributed by atoms with van der Waals surface area (Å²) in [5.74, 6) is -0.822. The summed E-state index contributed by atoms with van der Waals surface area (Å²) < 4.78 is 1.70. The van der Waals surface area contributed by atoms with Gasteiger partial charge in [-0.15, -0.1) is 0 Å². The lowest BCUT2D eigenvalue weighted by atomic mass is 10.2. The van der Waals surface area contributed by atoms with Gasteiger partial charge in [0.2, 0.25) is 0 Å². The molecule has 1 aromatic carbocycles. The maximum absolute atomic E-state index is 10.5. The molecule has 16 heavy (non-hydrogen) atoms. The number of carbonyl (C=O) groups is 1. The van der Waals surface area contributed by atoms with E-state index in [1.54, 1.807) is 10.7 Å². The van der Waals surface area contributed by atoms with Crippen molar-refractivity contribution in [2.75, 3.05) is 0 Å². The van der Waals surface area contributed by atoms with Gasteiger partial charge in [-0.05, 0) is 25.1 Å². The van der Waals surface area contributed by atoms with E-state index < -0.39 is 5.97 Å². The van der Waals surface area contributed by atoms with Crippen molar-refractivity contribution < 1.29 is 9.90 Å². The second kappa shape index (κ2) is 4.14. The Morgan fingerprint density at radius 3 is 3.00 bits per heavy atom. The molecule has 1 aromatic heterocycles. The Hall–Kier alpha value is -1.55. The number of nitrogens with zero attached hydrogens (tertiary/aromatic N) is 2. The summed E-state index contributed by atoms with van der Waals surface area (Å²) in [5, 5.41) is 14.6. The van der Waals surface area contributed by atoms with Crippen LogP contribution in [0.1, 0.15) is 12.1 Å². The number of rotatable bonds is 3. The summed E-state index contributed by atoms with van der Waals surface area (Å²) in [4.78, 5) is 10.5. The fourth-order valence-electron chi connectivity index (χ4n) is 1.65. The van der Waals surface area contributed by atoms with E-state index in [0.717, 1.165) is 16.6 Å². The smallest absolute Gasteiger partial charge is 0.305 e. The molecule has 2 rings (SSSR count). The number of halogens is 1. The van der Waals surface area contributed by atoms with Crippen LogP contribution in [0.2, 0.25) is 5.02 Å². The number of carboxylic acid groups (broad SMARTS) is 1. The molecule has 1 heterocycles. The Morgan fingerprint density at radius 1 is 1.56 bits per heavy atom. The van der Waals surface area contributed by atoms with Gasteiger partial charge < -0.3 is 5.11 Å². The standard InChI is InChI=1S/C11H11ClN2O2/c1-7-9-6-8(12)2-3-10(9)13-14(7)5-4-11(15)16/h2-3,6H,4-5H2,1H3,(H,15,16). The summed E-state index contributed by atoms with van der Waals surface area (Å²) in [7, 11) is 0. The largest absolute Gasteiger partial charge is 0.481 e. The molecule has 0 saturated carbocycles. The molecule has 0 aliphatic rings. The number of benzene rings is 1. The quantitative estimate of drug-likeness (QED) is 0.894. The third kappa shape index (κ3) is 2.02. The molecular formula is C11H11ClN2O2. The molecule has 0 aliphatic heterocycles. The monoisotopic (exact) mass is 238 g/mol. The third-order valence-electron chi connectivity index (χ3n) is 2.50. The molecule has 84 valence electrons. The first kappa shape index (κ1) is 11.0. The highest BCUT2D eigenvalue weighted by molar-refractivity contribution is 6.31. The molecule has 0 fully saturated rings. The lowest BCUT2D eigenvalue weighted by Gasteiger charge is -2.00. The van der Waals surface area contributed by atoms with Crippen LogP contribution in [0.25, 0.3) is 10.9 Å². The average molecular weight is 239 g/mol. The average Bonchev–Trinajstić information content (AvgIpc) is 2.53. The number of hydrogen-bond donors (Lipinski definition) is 1. The third-order valence-corrected chi connectivity index (χ3v) is 2.74. The Balaban J connectivity index is 2.40.